The molecule has 6 nitrogen and oxygen atoms in total. The number of carbonyl (C=O) groups excluding carboxylic acids is 2. The van der Waals surface area contributed by atoms with Crippen LogP contribution in [0.2, 0.25) is 0 Å². The van der Waals surface area contributed by atoms with E-state index in [-0.39, 0.29) is 18.4 Å². The number of carbonyl (C=O) groups is 2. The second-order valence-corrected chi connectivity index (χ2v) is 6.84. The molecule has 1 aliphatic rings. The molecule has 0 radical (unpaired) electrons. The molecule has 0 saturated carbocycles. The molecule has 1 heterocycles. The fourth-order valence-electron chi connectivity index (χ4n) is 2.56. The summed E-state index contributed by atoms with van der Waals surface area (Å²) in [7, 11) is 0. The van der Waals surface area contributed by atoms with Gasteiger partial charge in [0.25, 0.3) is 5.91 Å². The fourth-order valence-corrected chi connectivity index (χ4v) is 3.04. The van der Waals surface area contributed by atoms with Gasteiger partial charge in [0.1, 0.15) is 0 Å². The Kier molecular flexibility index (Phi) is 5.68. The normalized spacial score (nSPS) is 15.8. The molecule has 1 atom stereocenters. The maximum Gasteiger partial charge on any atom is 0.264 e. The van der Waals surface area contributed by atoms with E-state index in [1.165, 1.54) is 0 Å². The molecule has 0 spiro atoms. The number of hydrogen-bond acceptors (Lipinski definition) is 4. The van der Waals surface area contributed by atoms with E-state index in [2.05, 4.69) is 31.7 Å². The topological polar surface area (TPSA) is 79.8 Å². The molecular weight excluding hydrogens is 398 g/mol. The lowest BCUT2D eigenvalue weighted by molar-refractivity contribution is -0.132. The summed E-state index contributed by atoms with van der Waals surface area (Å²) in [6, 6.07) is 15.1. The number of nitrogens with one attached hydrogen (secondary N) is 2. The van der Waals surface area contributed by atoms with Crippen LogP contribution >= 0.6 is 15.9 Å². The summed E-state index contributed by atoms with van der Waals surface area (Å²) in [5.41, 5.74) is 3.28. The molecule has 3 rings (SSSR count). The lowest BCUT2D eigenvalue weighted by Crippen LogP contribution is -2.39. The Bertz CT molecular complexity index is 852. The monoisotopic (exact) mass is 415 g/mol. The molecule has 0 fully saturated rings. The summed E-state index contributed by atoms with van der Waals surface area (Å²) in [6.07, 6.45) is -0.337. The average molecular weight is 416 g/mol. The Hall–Kier alpha value is -2.67. The van der Waals surface area contributed by atoms with Gasteiger partial charge in [-0.25, -0.2) is 0 Å². The van der Waals surface area contributed by atoms with Crippen molar-refractivity contribution >= 4 is 39.1 Å². The van der Waals surface area contributed by atoms with Crippen molar-refractivity contribution in [2.24, 2.45) is 5.16 Å². The molecule has 2 aromatic carbocycles. The molecule has 1 aliphatic heterocycles. The smallest absolute Gasteiger partial charge is 0.264 e. The van der Waals surface area contributed by atoms with Gasteiger partial charge in [-0.15, -0.1) is 0 Å². The zero-order chi connectivity index (χ0) is 18.5. The fraction of sp³-hybridized carbons (Fsp3) is 0.211. The Morgan fingerprint density at radius 3 is 2.73 bits per heavy atom. The van der Waals surface area contributed by atoms with E-state index in [4.69, 9.17) is 4.84 Å². The number of oxime groups is 1. The third kappa shape index (κ3) is 4.49. The Morgan fingerprint density at radius 2 is 2.00 bits per heavy atom. The number of halogens is 1. The van der Waals surface area contributed by atoms with E-state index < -0.39 is 6.10 Å². The van der Waals surface area contributed by atoms with Gasteiger partial charge in [-0.2, -0.15) is 0 Å². The lowest BCUT2D eigenvalue weighted by Gasteiger charge is -2.11. The third-order valence-electron chi connectivity index (χ3n) is 3.95. The van der Waals surface area contributed by atoms with Gasteiger partial charge in [0.05, 0.1) is 12.3 Å². The third-order valence-corrected chi connectivity index (χ3v) is 4.45. The van der Waals surface area contributed by atoms with E-state index in [9.17, 15) is 9.59 Å². The Morgan fingerprint density at radius 1 is 1.23 bits per heavy atom. The van der Waals surface area contributed by atoms with Crippen LogP contribution in [-0.2, 0) is 14.4 Å². The van der Waals surface area contributed by atoms with Crippen molar-refractivity contribution in [1.82, 2.24) is 5.32 Å². The summed E-state index contributed by atoms with van der Waals surface area (Å²) in [6.45, 7) is 1.77. The SMILES string of the molecule is Cc1cc(Br)ccc1NC(=O)CNC(=O)[C@H]1CC(c2ccccc2)=NO1. The molecule has 26 heavy (non-hydrogen) atoms. The van der Waals surface area contributed by atoms with Crippen molar-refractivity contribution in [3.8, 4) is 0 Å². The number of amides is 2. The number of hydrogen-bond donors (Lipinski definition) is 2. The average Bonchev–Trinajstić information content (AvgIpc) is 3.13. The minimum atomic E-state index is -0.715. The van der Waals surface area contributed by atoms with Crippen molar-refractivity contribution in [2.45, 2.75) is 19.4 Å². The van der Waals surface area contributed by atoms with Gasteiger partial charge in [0.2, 0.25) is 12.0 Å². The number of rotatable bonds is 5. The first-order valence-corrected chi connectivity index (χ1v) is 8.94. The van der Waals surface area contributed by atoms with Crippen molar-refractivity contribution in [1.29, 1.82) is 0 Å². The molecule has 134 valence electrons. The molecule has 0 aromatic heterocycles. The highest BCUT2D eigenvalue weighted by molar-refractivity contribution is 9.10. The van der Waals surface area contributed by atoms with Crippen LogP contribution < -0.4 is 10.6 Å². The molecule has 7 heteroatoms. The van der Waals surface area contributed by atoms with Crippen molar-refractivity contribution in [2.75, 3.05) is 11.9 Å². The van der Waals surface area contributed by atoms with Crippen LogP contribution in [0.5, 0.6) is 0 Å². The standard InChI is InChI=1S/C19H18BrN3O3/c1-12-9-14(20)7-8-15(12)22-18(24)11-21-19(25)17-10-16(23-26-17)13-5-3-2-4-6-13/h2-9,17H,10-11H2,1H3,(H,21,25)(H,22,24)/t17-/m1/s1. The largest absolute Gasteiger partial charge is 0.382 e. The van der Waals surface area contributed by atoms with E-state index >= 15 is 0 Å². The van der Waals surface area contributed by atoms with E-state index in [1.807, 2.05) is 49.4 Å². The Labute approximate surface area is 159 Å². The molecule has 0 aliphatic carbocycles. The molecule has 2 aromatic rings. The lowest BCUT2D eigenvalue weighted by atomic mass is 10.0. The minimum Gasteiger partial charge on any atom is -0.382 e. The van der Waals surface area contributed by atoms with Crippen LogP contribution in [0.4, 0.5) is 5.69 Å². The van der Waals surface area contributed by atoms with Crippen LogP contribution in [0.25, 0.3) is 0 Å². The molecular formula is C19H18BrN3O3. The number of anilines is 1. The van der Waals surface area contributed by atoms with E-state index in [1.54, 1.807) is 6.07 Å². The van der Waals surface area contributed by atoms with E-state index in [0.29, 0.717) is 12.1 Å². The highest BCUT2D eigenvalue weighted by Crippen LogP contribution is 2.20. The van der Waals surface area contributed by atoms with Gasteiger partial charge in [-0.1, -0.05) is 51.4 Å². The van der Waals surface area contributed by atoms with Crippen molar-refractivity contribution < 1.29 is 14.4 Å². The maximum absolute atomic E-state index is 12.2. The predicted octanol–water partition coefficient (Wildman–Crippen LogP) is 3.01. The first kappa shape index (κ1) is 18.1. The van der Waals surface area contributed by atoms with Gasteiger partial charge in [0, 0.05) is 16.6 Å². The van der Waals surface area contributed by atoms with Crippen LogP contribution in [0.3, 0.4) is 0 Å². The van der Waals surface area contributed by atoms with Gasteiger partial charge >= 0.3 is 0 Å². The zero-order valence-corrected chi connectivity index (χ0v) is 15.7. The minimum absolute atomic E-state index is 0.130. The van der Waals surface area contributed by atoms with Gasteiger partial charge in [0.15, 0.2) is 0 Å². The van der Waals surface area contributed by atoms with Crippen molar-refractivity contribution in [3.05, 3.63) is 64.1 Å². The van der Waals surface area contributed by atoms with E-state index in [0.717, 1.165) is 21.3 Å². The molecule has 2 amide bonds. The van der Waals surface area contributed by atoms with Crippen molar-refractivity contribution in [3.63, 3.8) is 0 Å². The van der Waals surface area contributed by atoms with Gasteiger partial charge in [-0.05, 0) is 36.2 Å². The Balaban J connectivity index is 1.48. The van der Waals surface area contributed by atoms with Gasteiger partial charge < -0.3 is 15.5 Å². The predicted molar refractivity (Wildman–Crippen MR) is 103 cm³/mol. The quantitative estimate of drug-likeness (QED) is 0.787. The summed E-state index contributed by atoms with van der Waals surface area (Å²) in [4.78, 5) is 29.4. The molecule has 2 N–H and O–H groups in total. The highest BCUT2D eigenvalue weighted by atomic mass is 79.9. The summed E-state index contributed by atoms with van der Waals surface area (Å²) >= 11 is 3.38. The summed E-state index contributed by atoms with van der Waals surface area (Å²) in [5, 5.41) is 9.34. The summed E-state index contributed by atoms with van der Waals surface area (Å²) in [5.74, 6) is -0.659. The first-order chi connectivity index (χ1) is 12.5. The van der Waals surface area contributed by atoms with Crippen LogP contribution in [-0.4, -0.2) is 30.2 Å². The number of aryl methyl sites for hydroxylation is 1. The van der Waals surface area contributed by atoms with Crippen LogP contribution in [0.15, 0.2) is 58.2 Å². The number of nitrogens with zero attached hydrogens (tertiary/aromatic N) is 1. The van der Waals surface area contributed by atoms with Crippen LogP contribution in [0, 0.1) is 6.92 Å². The van der Waals surface area contributed by atoms with Crippen LogP contribution in [0.1, 0.15) is 17.5 Å². The second-order valence-electron chi connectivity index (χ2n) is 5.93. The second kappa shape index (κ2) is 8.14. The highest BCUT2D eigenvalue weighted by Gasteiger charge is 2.28. The molecule has 0 unspecified atom stereocenters. The van der Waals surface area contributed by atoms with Gasteiger partial charge in [-0.3, -0.25) is 9.59 Å². The first-order valence-electron chi connectivity index (χ1n) is 8.15. The zero-order valence-electron chi connectivity index (χ0n) is 14.2. The number of benzene rings is 2. The maximum atomic E-state index is 12.2. The molecule has 0 saturated heterocycles. The molecule has 0 bridgehead atoms. The summed E-state index contributed by atoms with van der Waals surface area (Å²) < 4.78 is 0.939.